The molecular weight excluding hydrogens is 437 g/mol. The van der Waals surface area contributed by atoms with Crippen LogP contribution >= 0.6 is 11.8 Å². The van der Waals surface area contributed by atoms with Gasteiger partial charge in [0.05, 0.1) is 17.0 Å². The Balaban J connectivity index is 1.57. The van der Waals surface area contributed by atoms with Gasteiger partial charge in [-0.2, -0.15) is 13.2 Å². The second-order valence-corrected chi connectivity index (χ2v) is 7.67. The van der Waals surface area contributed by atoms with Crippen molar-refractivity contribution in [3.05, 3.63) is 90.5 Å². The number of nitrogens with one attached hydrogen (secondary N) is 1. The van der Waals surface area contributed by atoms with E-state index in [-0.39, 0.29) is 11.4 Å². The summed E-state index contributed by atoms with van der Waals surface area (Å²) in [7, 11) is 0. The number of thioether (sulfide) groups is 1. The molecule has 0 bridgehead atoms. The first kappa shape index (κ1) is 21.6. The Hall–Kier alpha value is -3.59. The number of rotatable bonds is 6. The van der Waals surface area contributed by atoms with Crippen LogP contribution in [0.4, 0.5) is 18.9 Å². The maximum Gasteiger partial charge on any atom is 0.418 e. The first-order valence-corrected chi connectivity index (χ1v) is 10.6. The number of nitrogens with zero attached hydrogens (tertiary/aromatic N) is 3. The molecule has 4 aromatic rings. The maximum absolute atomic E-state index is 13.2. The van der Waals surface area contributed by atoms with Crippen molar-refractivity contribution in [1.82, 2.24) is 14.8 Å². The minimum Gasteiger partial charge on any atom is -0.325 e. The molecule has 0 saturated heterocycles. The summed E-state index contributed by atoms with van der Waals surface area (Å²) in [5.41, 5.74) is 0.484. The summed E-state index contributed by atoms with van der Waals surface area (Å²) in [4.78, 5) is 12.4. The molecule has 5 nitrogen and oxygen atoms in total. The summed E-state index contributed by atoms with van der Waals surface area (Å²) in [6.07, 6.45) is -4.56. The highest BCUT2D eigenvalue weighted by atomic mass is 32.2. The van der Waals surface area contributed by atoms with Gasteiger partial charge in [0.15, 0.2) is 11.0 Å². The van der Waals surface area contributed by atoms with Gasteiger partial charge < -0.3 is 5.32 Å². The van der Waals surface area contributed by atoms with Crippen LogP contribution in [-0.4, -0.2) is 26.4 Å². The van der Waals surface area contributed by atoms with Crippen molar-refractivity contribution in [2.75, 3.05) is 11.1 Å². The monoisotopic (exact) mass is 454 g/mol. The zero-order valence-corrected chi connectivity index (χ0v) is 17.4. The van der Waals surface area contributed by atoms with E-state index in [2.05, 4.69) is 15.5 Å². The molecule has 0 aliphatic carbocycles. The van der Waals surface area contributed by atoms with Crippen LogP contribution in [0, 0.1) is 0 Å². The van der Waals surface area contributed by atoms with Crippen molar-refractivity contribution in [3.63, 3.8) is 0 Å². The first-order chi connectivity index (χ1) is 15.4. The van der Waals surface area contributed by atoms with E-state index in [9.17, 15) is 18.0 Å². The molecule has 162 valence electrons. The fourth-order valence-electron chi connectivity index (χ4n) is 3.10. The maximum atomic E-state index is 13.2. The van der Waals surface area contributed by atoms with E-state index in [1.165, 1.54) is 18.2 Å². The molecule has 1 amide bonds. The minimum atomic E-state index is -4.56. The molecule has 0 fully saturated rings. The largest absolute Gasteiger partial charge is 0.418 e. The smallest absolute Gasteiger partial charge is 0.325 e. The molecule has 4 rings (SSSR count). The van der Waals surface area contributed by atoms with Gasteiger partial charge in [0.2, 0.25) is 5.91 Å². The van der Waals surface area contributed by atoms with E-state index < -0.39 is 17.6 Å². The van der Waals surface area contributed by atoms with Gasteiger partial charge in [0.1, 0.15) is 0 Å². The minimum absolute atomic E-state index is 0.133. The quantitative estimate of drug-likeness (QED) is 0.381. The van der Waals surface area contributed by atoms with Gasteiger partial charge in [-0.3, -0.25) is 9.36 Å². The Labute approximate surface area is 186 Å². The molecule has 0 aliphatic heterocycles. The molecule has 3 aromatic carbocycles. The number of carbonyl (C=O) groups is 1. The number of hydrogen-bond acceptors (Lipinski definition) is 4. The first-order valence-electron chi connectivity index (χ1n) is 9.58. The number of para-hydroxylation sites is 2. The predicted octanol–water partition coefficient (Wildman–Crippen LogP) is 5.68. The second-order valence-electron chi connectivity index (χ2n) is 6.72. The van der Waals surface area contributed by atoms with Gasteiger partial charge in [-0.15, -0.1) is 10.2 Å². The van der Waals surface area contributed by atoms with Crippen LogP contribution in [0.3, 0.4) is 0 Å². The molecule has 0 saturated carbocycles. The average molecular weight is 454 g/mol. The third-order valence-electron chi connectivity index (χ3n) is 4.52. The topological polar surface area (TPSA) is 59.8 Å². The molecule has 1 aromatic heterocycles. The van der Waals surface area contributed by atoms with Crippen LogP contribution in [-0.2, 0) is 11.0 Å². The highest BCUT2D eigenvalue weighted by molar-refractivity contribution is 7.99. The Kier molecular flexibility index (Phi) is 6.27. The molecule has 1 heterocycles. The number of alkyl halides is 3. The Morgan fingerprint density at radius 1 is 0.875 bits per heavy atom. The summed E-state index contributed by atoms with van der Waals surface area (Å²) < 4.78 is 41.3. The van der Waals surface area contributed by atoms with E-state index in [1.54, 1.807) is 0 Å². The molecule has 0 aliphatic rings. The fourth-order valence-corrected chi connectivity index (χ4v) is 3.86. The van der Waals surface area contributed by atoms with Crippen LogP contribution in [0.5, 0.6) is 0 Å². The van der Waals surface area contributed by atoms with Gasteiger partial charge in [0, 0.05) is 11.3 Å². The van der Waals surface area contributed by atoms with Gasteiger partial charge >= 0.3 is 6.18 Å². The summed E-state index contributed by atoms with van der Waals surface area (Å²) >= 11 is 1.09. The number of carbonyl (C=O) groups excluding carboxylic acids is 1. The van der Waals surface area contributed by atoms with Crippen molar-refractivity contribution in [3.8, 4) is 17.1 Å². The lowest BCUT2D eigenvalue weighted by Gasteiger charge is -2.13. The van der Waals surface area contributed by atoms with E-state index in [4.69, 9.17) is 0 Å². The van der Waals surface area contributed by atoms with Crippen molar-refractivity contribution in [1.29, 1.82) is 0 Å². The standard InChI is InChI=1S/C23H17F3N4OS/c24-23(25,26)18-13-7-8-14-19(18)27-20(31)15-32-22-29-28-21(16-9-3-1-4-10-16)30(22)17-11-5-2-6-12-17/h1-14H,15H2,(H,27,31). The lowest BCUT2D eigenvalue weighted by Crippen LogP contribution is -2.18. The van der Waals surface area contributed by atoms with Crippen LogP contribution in [0.25, 0.3) is 17.1 Å². The number of halogens is 3. The van der Waals surface area contributed by atoms with Crippen molar-refractivity contribution < 1.29 is 18.0 Å². The van der Waals surface area contributed by atoms with Crippen LogP contribution in [0.2, 0.25) is 0 Å². The SMILES string of the molecule is O=C(CSc1nnc(-c2ccccc2)n1-c1ccccc1)Nc1ccccc1C(F)(F)F. The zero-order valence-electron chi connectivity index (χ0n) is 16.6. The summed E-state index contributed by atoms with van der Waals surface area (Å²) in [6, 6.07) is 23.8. The molecule has 1 N–H and O–H groups in total. The molecule has 9 heteroatoms. The van der Waals surface area contributed by atoms with E-state index in [0.717, 1.165) is 29.1 Å². The zero-order chi connectivity index (χ0) is 22.6. The number of anilines is 1. The summed E-state index contributed by atoms with van der Waals surface area (Å²) in [6.45, 7) is 0. The van der Waals surface area contributed by atoms with Gasteiger partial charge in [-0.1, -0.05) is 72.4 Å². The summed E-state index contributed by atoms with van der Waals surface area (Å²) in [5, 5.41) is 11.3. The molecule has 0 unspecified atom stereocenters. The lowest BCUT2D eigenvalue weighted by molar-refractivity contribution is -0.137. The lowest BCUT2D eigenvalue weighted by atomic mass is 10.1. The van der Waals surface area contributed by atoms with E-state index in [1.807, 2.05) is 65.2 Å². The normalized spacial score (nSPS) is 11.3. The Bertz CT molecular complexity index is 1210. The fraction of sp³-hybridized carbons (Fsp3) is 0.0870. The number of aromatic nitrogens is 3. The predicted molar refractivity (Wildman–Crippen MR) is 118 cm³/mol. The third kappa shape index (κ3) is 4.83. The molecule has 32 heavy (non-hydrogen) atoms. The number of amides is 1. The second kappa shape index (κ2) is 9.27. The highest BCUT2D eigenvalue weighted by Gasteiger charge is 2.33. The van der Waals surface area contributed by atoms with Gasteiger partial charge in [-0.25, -0.2) is 0 Å². The average Bonchev–Trinajstić information content (AvgIpc) is 3.22. The van der Waals surface area contributed by atoms with Crippen LogP contribution < -0.4 is 5.32 Å². The van der Waals surface area contributed by atoms with Crippen LogP contribution in [0.1, 0.15) is 5.56 Å². The molecule has 0 radical (unpaired) electrons. The number of benzene rings is 3. The third-order valence-corrected chi connectivity index (χ3v) is 5.45. The Morgan fingerprint density at radius 3 is 2.19 bits per heavy atom. The molecular formula is C23H17F3N4OS. The highest BCUT2D eigenvalue weighted by Crippen LogP contribution is 2.35. The summed E-state index contributed by atoms with van der Waals surface area (Å²) in [5.74, 6) is -0.107. The molecule has 0 spiro atoms. The van der Waals surface area contributed by atoms with Gasteiger partial charge in [0.25, 0.3) is 0 Å². The molecule has 0 atom stereocenters. The van der Waals surface area contributed by atoms with Crippen molar-refractivity contribution >= 4 is 23.4 Å². The number of hydrogen-bond donors (Lipinski definition) is 1. The van der Waals surface area contributed by atoms with Crippen molar-refractivity contribution in [2.24, 2.45) is 0 Å². The van der Waals surface area contributed by atoms with E-state index in [0.29, 0.717) is 11.0 Å². The van der Waals surface area contributed by atoms with Gasteiger partial charge in [-0.05, 0) is 24.3 Å². The Morgan fingerprint density at radius 2 is 1.50 bits per heavy atom. The van der Waals surface area contributed by atoms with Crippen LogP contribution in [0.15, 0.2) is 90.1 Å². The van der Waals surface area contributed by atoms with E-state index >= 15 is 0 Å². The van der Waals surface area contributed by atoms with Crippen molar-refractivity contribution in [2.45, 2.75) is 11.3 Å².